The number of nitrogens with one attached hydrogen (secondary N) is 2. The van der Waals surface area contributed by atoms with Crippen LogP contribution in [-0.4, -0.2) is 17.9 Å². The minimum absolute atomic E-state index is 0.0434. The maximum atomic E-state index is 13.9. The molecule has 19 heavy (non-hydrogen) atoms. The zero-order valence-electron chi connectivity index (χ0n) is 10.1. The first-order chi connectivity index (χ1) is 9.11. The van der Waals surface area contributed by atoms with E-state index in [0.29, 0.717) is 5.69 Å². The second-order valence-corrected chi connectivity index (χ2v) is 4.65. The highest BCUT2D eigenvalue weighted by molar-refractivity contribution is 9.10. The summed E-state index contributed by atoms with van der Waals surface area (Å²) >= 11 is 3.30. The summed E-state index contributed by atoms with van der Waals surface area (Å²) in [5.74, 6) is -1.14. The molecule has 0 radical (unpaired) electrons. The van der Waals surface area contributed by atoms with Crippen LogP contribution in [0.25, 0.3) is 0 Å². The Morgan fingerprint density at radius 3 is 2.84 bits per heavy atom. The Hall–Kier alpha value is -1.95. The van der Waals surface area contributed by atoms with Gasteiger partial charge in [-0.1, -0.05) is 22.0 Å². The van der Waals surface area contributed by atoms with Gasteiger partial charge < -0.3 is 10.6 Å². The van der Waals surface area contributed by atoms with Crippen LogP contribution in [0.15, 0.2) is 41.0 Å². The minimum atomic E-state index is -0.669. The van der Waals surface area contributed by atoms with Gasteiger partial charge in [0.1, 0.15) is 0 Å². The lowest BCUT2D eigenvalue weighted by atomic mass is 10.2. The predicted octanol–water partition coefficient (Wildman–Crippen LogP) is 3.28. The molecule has 6 heteroatoms. The molecule has 2 rings (SSSR count). The van der Waals surface area contributed by atoms with Gasteiger partial charge in [-0.3, -0.25) is 4.79 Å². The number of amides is 1. The van der Waals surface area contributed by atoms with E-state index in [1.165, 1.54) is 12.3 Å². The molecule has 1 aromatic carbocycles. The summed E-state index contributed by atoms with van der Waals surface area (Å²) in [4.78, 5) is 15.8. The molecule has 98 valence electrons. The average molecular weight is 324 g/mol. The highest BCUT2D eigenvalue weighted by Gasteiger charge is 2.15. The van der Waals surface area contributed by atoms with E-state index in [-0.39, 0.29) is 11.4 Å². The molecule has 2 N–H and O–H groups in total. The molecular weight excluding hydrogens is 313 g/mol. The van der Waals surface area contributed by atoms with E-state index in [4.69, 9.17) is 0 Å². The number of halogens is 2. The molecule has 0 unspecified atom stereocenters. The van der Waals surface area contributed by atoms with E-state index in [2.05, 4.69) is 31.5 Å². The van der Waals surface area contributed by atoms with Gasteiger partial charge in [-0.2, -0.15) is 0 Å². The zero-order chi connectivity index (χ0) is 13.8. The van der Waals surface area contributed by atoms with Crippen LogP contribution in [0.5, 0.6) is 0 Å². The Morgan fingerprint density at radius 2 is 2.16 bits per heavy atom. The van der Waals surface area contributed by atoms with Crippen LogP contribution in [0, 0.1) is 5.82 Å². The van der Waals surface area contributed by atoms with Crippen LogP contribution in [0.1, 0.15) is 10.4 Å². The van der Waals surface area contributed by atoms with Crippen molar-refractivity contribution in [3.05, 3.63) is 52.4 Å². The Bertz CT molecular complexity index is 619. The first-order valence-electron chi connectivity index (χ1n) is 5.51. The summed E-state index contributed by atoms with van der Waals surface area (Å²) in [6.07, 6.45) is 1.38. The molecule has 0 aliphatic carbocycles. The van der Waals surface area contributed by atoms with Crippen molar-refractivity contribution in [3.8, 4) is 0 Å². The number of aromatic nitrogens is 1. The number of benzene rings is 1. The van der Waals surface area contributed by atoms with Crippen LogP contribution in [0.3, 0.4) is 0 Å². The molecule has 0 spiro atoms. The molecule has 1 heterocycles. The van der Waals surface area contributed by atoms with Gasteiger partial charge >= 0.3 is 0 Å². The molecule has 0 saturated carbocycles. The zero-order valence-corrected chi connectivity index (χ0v) is 11.7. The number of hydrogen-bond acceptors (Lipinski definition) is 3. The molecule has 2 aromatic rings. The molecule has 1 aromatic heterocycles. The molecule has 1 amide bonds. The Morgan fingerprint density at radius 1 is 1.37 bits per heavy atom. The van der Waals surface area contributed by atoms with Crippen molar-refractivity contribution < 1.29 is 9.18 Å². The van der Waals surface area contributed by atoms with E-state index in [1.807, 2.05) is 6.07 Å². The maximum absolute atomic E-state index is 13.9. The van der Waals surface area contributed by atoms with Crippen molar-refractivity contribution >= 4 is 33.3 Å². The van der Waals surface area contributed by atoms with Crippen molar-refractivity contribution in [1.82, 2.24) is 4.98 Å². The summed E-state index contributed by atoms with van der Waals surface area (Å²) in [5, 5.41) is 5.22. The van der Waals surface area contributed by atoms with Crippen LogP contribution in [-0.2, 0) is 0 Å². The van der Waals surface area contributed by atoms with Crippen molar-refractivity contribution in [2.24, 2.45) is 0 Å². The standard InChI is InChI=1S/C13H11BrFN3O/c1-16-12-11(15)10(5-6-17-12)13(19)18-9-4-2-3-8(14)7-9/h2-7H,1H3,(H,16,17)(H,18,19). The quantitative estimate of drug-likeness (QED) is 0.911. The van der Waals surface area contributed by atoms with Gasteiger partial charge in [-0.05, 0) is 24.3 Å². The number of carbonyl (C=O) groups is 1. The van der Waals surface area contributed by atoms with E-state index in [9.17, 15) is 9.18 Å². The predicted molar refractivity (Wildman–Crippen MR) is 75.8 cm³/mol. The first kappa shape index (κ1) is 13.5. The largest absolute Gasteiger partial charge is 0.371 e. The molecule has 0 fully saturated rings. The second kappa shape index (κ2) is 5.79. The van der Waals surface area contributed by atoms with E-state index < -0.39 is 11.7 Å². The number of hydrogen-bond donors (Lipinski definition) is 2. The monoisotopic (exact) mass is 323 g/mol. The van der Waals surface area contributed by atoms with Crippen molar-refractivity contribution in [3.63, 3.8) is 0 Å². The minimum Gasteiger partial charge on any atom is -0.371 e. The van der Waals surface area contributed by atoms with E-state index in [0.717, 1.165) is 4.47 Å². The van der Waals surface area contributed by atoms with Gasteiger partial charge in [0.15, 0.2) is 11.6 Å². The van der Waals surface area contributed by atoms with Crippen molar-refractivity contribution in [2.75, 3.05) is 17.7 Å². The van der Waals surface area contributed by atoms with Crippen molar-refractivity contribution in [1.29, 1.82) is 0 Å². The van der Waals surface area contributed by atoms with Crippen molar-refractivity contribution in [2.45, 2.75) is 0 Å². The van der Waals surface area contributed by atoms with E-state index >= 15 is 0 Å². The third kappa shape index (κ3) is 3.08. The SMILES string of the molecule is CNc1nccc(C(=O)Nc2cccc(Br)c2)c1F. The normalized spacial score (nSPS) is 10.1. The van der Waals surface area contributed by atoms with Crippen LogP contribution < -0.4 is 10.6 Å². The molecule has 4 nitrogen and oxygen atoms in total. The number of nitrogens with zero attached hydrogens (tertiary/aromatic N) is 1. The number of rotatable bonds is 3. The molecule has 0 aliphatic rings. The number of pyridine rings is 1. The summed E-state index contributed by atoms with van der Waals surface area (Å²) in [6, 6.07) is 8.41. The summed E-state index contributed by atoms with van der Waals surface area (Å²) in [6.45, 7) is 0. The Labute approximate surface area is 118 Å². The molecule has 0 saturated heterocycles. The first-order valence-corrected chi connectivity index (χ1v) is 6.30. The summed E-state index contributed by atoms with van der Waals surface area (Å²) < 4.78 is 14.7. The second-order valence-electron chi connectivity index (χ2n) is 3.74. The lowest BCUT2D eigenvalue weighted by molar-refractivity contribution is 0.102. The lowest BCUT2D eigenvalue weighted by Gasteiger charge is -2.08. The van der Waals surface area contributed by atoms with Gasteiger partial charge in [0, 0.05) is 23.4 Å². The smallest absolute Gasteiger partial charge is 0.258 e. The maximum Gasteiger partial charge on any atom is 0.258 e. The fourth-order valence-electron chi connectivity index (χ4n) is 1.56. The Balaban J connectivity index is 2.25. The fraction of sp³-hybridized carbons (Fsp3) is 0.0769. The highest BCUT2D eigenvalue weighted by Crippen LogP contribution is 2.19. The topological polar surface area (TPSA) is 54.0 Å². The third-order valence-corrected chi connectivity index (χ3v) is 2.95. The molecular formula is C13H11BrFN3O. The van der Waals surface area contributed by atoms with Crippen LogP contribution in [0.4, 0.5) is 15.9 Å². The van der Waals surface area contributed by atoms with Gasteiger partial charge in [0.05, 0.1) is 5.56 Å². The lowest BCUT2D eigenvalue weighted by Crippen LogP contribution is -2.15. The van der Waals surface area contributed by atoms with Crippen LogP contribution >= 0.6 is 15.9 Å². The van der Waals surface area contributed by atoms with Gasteiger partial charge in [-0.15, -0.1) is 0 Å². The number of carbonyl (C=O) groups excluding carboxylic acids is 1. The molecule has 0 atom stereocenters. The van der Waals surface area contributed by atoms with Gasteiger partial charge in [-0.25, -0.2) is 9.37 Å². The summed E-state index contributed by atoms with van der Waals surface area (Å²) in [5.41, 5.74) is 0.529. The third-order valence-electron chi connectivity index (χ3n) is 2.45. The number of anilines is 2. The average Bonchev–Trinajstić information content (AvgIpc) is 2.39. The van der Waals surface area contributed by atoms with E-state index in [1.54, 1.807) is 25.2 Å². The molecule has 0 aliphatic heterocycles. The highest BCUT2D eigenvalue weighted by atomic mass is 79.9. The van der Waals surface area contributed by atoms with Gasteiger partial charge in [0.25, 0.3) is 5.91 Å². The fourth-order valence-corrected chi connectivity index (χ4v) is 1.96. The Kier molecular flexibility index (Phi) is 4.11. The van der Waals surface area contributed by atoms with Gasteiger partial charge in [0.2, 0.25) is 0 Å². The van der Waals surface area contributed by atoms with Crippen LogP contribution in [0.2, 0.25) is 0 Å². The molecule has 0 bridgehead atoms. The summed E-state index contributed by atoms with van der Waals surface area (Å²) in [7, 11) is 1.54.